The van der Waals surface area contributed by atoms with Crippen molar-refractivity contribution in [3.05, 3.63) is 11.2 Å². The second-order valence-corrected chi connectivity index (χ2v) is 5.22. The lowest BCUT2D eigenvalue weighted by molar-refractivity contribution is 0.122. The number of hydrogen-bond acceptors (Lipinski definition) is 7. The lowest BCUT2D eigenvalue weighted by atomic mass is 10.2. The predicted octanol–water partition coefficient (Wildman–Crippen LogP) is 0.0733. The van der Waals surface area contributed by atoms with Crippen molar-refractivity contribution < 1.29 is 0 Å². The van der Waals surface area contributed by atoms with Gasteiger partial charge in [0, 0.05) is 32.2 Å². The third-order valence-electron chi connectivity index (χ3n) is 3.36. The summed E-state index contributed by atoms with van der Waals surface area (Å²) in [6, 6.07) is 0.430. The molecule has 1 fully saturated rings. The molecule has 1 aromatic heterocycles. The Hall–Kier alpha value is -1.15. The van der Waals surface area contributed by atoms with Crippen LogP contribution in [0.2, 0.25) is 5.02 Å². The Morgan fingerprint density at radius 1 is 1.47 bits per heavy atom. The van der Waals surface area contributed by atoms with Crippen LogP contribution in [-0.4, -0.2) is 66.1 Å². The molecule has 0 bridgehead atoms. The molecule has 8 heteroatoms. The highest BCUT2D eigenvalue weighted by molar-refractivity contribution is 6.32. The van der Waals surface area contributed by atoms with Gasteiger partial charge in [-0.05, 0) is 14.1 Å². The van der Waals surface area contributed by atoms with Crippen LogP contribution in [0.25, 0.3) is 0 Å². The number of anilines is 2. The van der Waals surface area contributed by atoms with Crippen LogP contribution in [-0.2, 0) is 0 Å². The summed E-state index contributed by atoms with van der Waals surface area (Å²) in [6.45, 7) is 3.97. The zero-order valence-electron chi connectivity index (χ0n) is 11.2. The molecular formula is C11H20ClN7. The fourth-order valence-electron chi connectivity index (χ4n) is 2.10. The summed E-state index contributed by atoms with van der Waals surface area (Å²) in [4.78, 5) is 12.8. The number of hydrogen-bond donors (Lipinski definition) is 3. The van der Waals surface area contributed by atoms with E-state index in [1.54, 1.807) is 0 Å². The molecule has 0 saturated carbocycles. The third kappa shape index (κ3) is 3.66. The van der Waals surface area contributed by atoms with Gasteiger partial charge in [0.2, 0.25) is 5.95 Å². The first kappa shape index (κ1) is 14.3. The van der Waals surface area contributed by atoms with E-state index in [2.05, 4.69) is 44.6 Å². The normalized spacial score (nSPS) is 21.4. The molecule has 2 heterocycles. The smallest absolute Gasteiger partial charge is 0.239 e. The monoisotopic (exact) mass is 285 g/mol. The maximum absolute atomic E-state index is 6.06. The number of halogens is 1. The molecule has 2 rings (SSSR count). The summed E-state index contributed by atoms with van der Waals surface area (Å²) in [5, 5.41) is 3.75. The molecule has 106 valence electrons. The van der Waals surface area contributed by atoms with E-state index < -0.39 is 0 Å². The Labute approximate surface area is 118 Å². The first-order valence-corrected chi connectivity index (χ1v) is 6.59. The fraction of sp³-hybridized carbons (Fsp3) is 0.636. The summed E-state index contributed by atoms with van der Waals surface area (Å²) < 4.78 is 0. The molecule has 0 spiro atoms. The van der Waals surface area contributed by atoms with Gasteiger partial charge in [0.25, 0.3) is 0 Å². The molecule has 1 atom stereocenters. The molecule has 0 radical (unpaired) electrons. The Bertz CT molecular complexity index is 428. The van der Waals surface area contributed by atoms with E-state index in [1.807, 2.05) is 0 Å². The van der Waals surface area contributed by atoms with E-state index in [9.17, 15) is 0 Å². The zero-order valence-corrected chi connectivity index (χ0v) is 12.0. The van der Waals surface area contributed by atoms with E-state index in [1.165, 1.54) is 6.20 Å². The van der Waals surface area contributed by atoms with Gasteiger partial charge >= 0.3 is 0 Å². The van der Waals surface area contributed by atoms with Crippen LogP contribution < -0.4 is 16.6 Å². The number of nitrogen functional groups attached to an aromatic ring is 1. The van der Waals surface area contributed by atoms with Gasteiger partial charge < -0.3 is 10.2 Å². The average molecular weight is 286 g/mol. The number of likely N-dealkylation sites (N-methyl/N-ethyl adjacent to an activating group) is 2. The van der Waals surface area contributed by atoms with Gasteiger partial charge in [-0.1, -0.05) is 11.6 Å². The minimum absolute atomic E-state index is 0.348. The van der Waals surface area contributed by atoms with Gasteiger partial charge in [0.05, 0.1) is 6.20 Å². The molecule has 1 unspecified atom stereocenters. The van der Waals surface area contributed by atoms with Crippen molar-refractivity contribution in [3.8, 4) is 0 Å². The first-order valence-electron chi connectivity index (χ1n) is 6.22. The summed E-state index contributed by atoms with van der Waals surface area (Å²) in [6.07, 6.45) is 1.53. The van der Waals surface area contributed by atoms with Gasteiger partial charge in [-0.3, -0.25) is 10.3 Å². The SMILES string of the molecule is CN1CCN(C)C(CNc2nc(NN)ncc2Cl)C1. The fourth-order valence-corrected chi connectivity index (χ4v) is 2.25. The predicted molar refractivity (Wildman–Crippen MR) is 77.3 cm³/mol. The molecule has 19 heavy (non-hydrogen) atoms. The van der Waals surface area contributed by atoms with Crippen molar-refractivity contribution in [1.29, 1.82) is 0 Å². The summed E-state index contributed by atoms with van der Waals surface area (Å²) in [5.41, 5.74) is 2.41. The van der Waals surface area contributed by atoms with Gasteiger partial charge in [-0.15, -0.1) is 0 Å². The number of rotatable bonds is 4. The van der Waals surface area contributed by atoms with Gasteiger partial charge in [-0.25, -0.2) is 10.8 Å². The van der Waals surface area contributed by atoms with Crippen LogP contribution in [0.4, 0.5) is 11.8 Å². The van der Waals surface area contributed by atoms with Gasteiger partial charge in [0.15, 0.2) is 5.82 Å². The highest BCUT2D eigenvalue weighted by Crippen LogP contribution is 2.19. The van der Waals surface area contributed by atoms with Crippen LogP contribution in [0, 0.1) is 0 Å². The molecule has 1 aliphatic heterocycles. The third-order valence-corrected chi connectivity index (χ3v) is 3.64. The highest BCUT2D eigenvalue weighted by atomic mass is 35.5. The quantitative estimate of drug-likeness (QED) is 0.533. The van der Waals surface area contributed by atoms with Crippen LogP contribution in [0.1, 0.15) is 0 Å². The Kier molecular flexibility index (Phi) is 4.76. The van der Waals surface area contributed by atoms with E-state index >= 15 is 0 Å². The van der Waals surface area contributed by atoms with Crippen molar-refractivity contribution in [3.63, 3.8) is 0 Å². The largest absolute Gasteiger partial charge is 0.367 e. The Morgan fingerprint density at radius 3 is 3.00 bits per heavy atom. The molecule has 0 aromatic carbocycles. The zero-order chi connectivity index (χ0) is 13.8. The second-order valence-electron chi connectivity index (χ2n) is 4.81. The lowest BCUT2D eigenvalue weighted by Gasteiger charge is -2.37. The van der Waals surface area contributed by atoms with Gasteiger partial charge in [0.1, 0.15) is 5.02 Å². The lowest BCUT2D eigenvalue weighted by Crippen LogP contribution is -2.52. The Balaban J connectivity index is 1.97. The van der Waals surface area contributed by atoms with E-state index in [4.69, 9.17) is 17.4 Å². The number of nitrogens with two attached hydrogens (primary N) is 1. The van der Waals surface area contributed by atoms with Gasteiger partial charge in [-0.2, -0.15) is 4.98 Å². The molecule has 1 saturated heterocycles. The molecule has 4 N–H and O–H groups in total. The van der Waals surface area contributed by atoms with Crippen molar-refractivity contribution in [2.45, 2.75) is 6.04 Å². The molecule has 0 amide bonds. The van der Waals surface area contributed by atoms with Crippen molar-refractivity contribution in [2.24, 2.45) is 5.84 Å². The van der Waals surface area contributed by atoms with E-state index in [0.717, 1.165) is 26.2 Å². The molecule has 7 nitrogen and oxygen atoms in total. The minimum Gasteiger partial charge on any atom is -0.367 e. The summed E-state index contributed by atoms with van der Waals surface area (Å²) in [7, 11) is 4.27. The molecule has 1 aromatic rings. The number of hydrazine groups is 1. The maximum Gasteiger partial charge on any atom is 0.239 e. The molecule has 1 aliphatic rings. The van der Waals surface area contributed by atoms with E-state index in [0.29, 0.717) is 22.8 Å². The topological polar surface area (TPSA) is 82.3 Å². The van der Waals surface area contributed by atoms with Crippen molar-refractivity contribution in [1.82, 2.24) is 19.8 Å². The average Bonchev–Trinajstić information content (AvgIpc) is 2.41. The number of nitrogens with one attached hydrogen (secondary N) is 2. The number of piperazine rings is 1. The number of nitrogens with zero attached hydrogens (tertiary/aromatic N) is 4. The summed E-state index contributed by atoms with van der Waals surface area (Å²) in [5.74, 6) is 6.24. The van der Waals surface area contributed by atoms with E-state index in [-0.39, 0.29) is 0 Å². The minimum atomic E-state index is 0.348. The standard InChI is InChI=1S/C11H20ClN7/c1-18-3-4-19(2)8(7-18)5-14-10-9(12)6-15-11(16-10)17-13/h6,8H,3-5,7,13H2,1-2H3,(H2,14,15,16,17). The maximum atomic E-state index is 6.06. The van der Waals surface area contributed by atoms with Crippen molar-refractivity contribution >= 4 is 23.4 Å². The summed E-state index contributed by atoms with van der Waals surface area (Å²) >= 11 is 6.06. The van der Waals surface area contributed by atoms with Crippen molar-refractivity contribution in [2.75, 3.05) is 51.0 Å². The Morgan fingerprint density at radius 2 is 2.26 bits per heavy atom. The van der Waals surface area contributed by atoms with Crippen LogP contribution in [0.3, 0.4) is 0 Å². The van der Waals surface area contributed by atoms with Crippen LogP contribution >= 0.6 is 11.6 Å². The van der Waals surface area contributed by atoms with Crippen LogP contribution in [0.15, 0.2) is 6.20 Å². The number of aromatic nitrogens is 2. The first-order chi connectivity index (χ1) is 9.10. The second kappa shape index (κ2) is 6.33. The highest BCUT2D eigenvalue weighted by Gasteiger charge is 2.22. The molecular weight excluding hydrogens is 266 g/mol. The molecule has 0 aliphatic carbocycles. The van der Waals surface area contributed by atoms with Crippen LogP contribution in [0.5, 0.6) is 0 Å².